The SMILES string of the molecule is N#C/C(C(=O)NCc1ccccc1)=C1/S[C@H](Cc2ccc(Cl)cc2)C(=O)N1c1ccc(Cl)cc1. The number of thioether (sulfide) groups is 1. The van der Waals surface area contributed by atoms with Crippen molar-refractivity contribution in [3.05, 3.63) is 111 Å². The number of carbonyl (C=O) groups excluding carboxylic acids is 2. The third kappa shape index (κ3) is 5.45. The topological polar surface area (TPSA) is 73.2 Å². The van der Waals surface area contributed by atoms with Crippen LogP contribution in [0.1, 0.15) is 11.1 Å². The van der Waals surface area contributed by atoms with Crippen molar-refractivity contribution in [2.75, 3.05) is 4.90 Å². The Kier molecular flexibility index (Phi) is 7.59. The molecule has 1 atom stereocenters. The second kappa shape index (κ2) is 10.8. The maximum atomic E-state index is 13.5. The van der Waals surface area contributed by atoms with E-state index in [4.69, 9.17) is 23.2 Å². The van der Waals surface area contributed by atoms with Crippen LogP contribution in [0.2, 0.25) is 10.0 Å². The van der Waals surface area contributed by atoms with Crippen LogP contribution in [0.5, 0.6) is 0 Å². The van der Waals surface area contributed by atoms with Crippen molar-refractivity contribution in [2.24, 2.45) is 0 Å². The molecule has 1 aliphatic heterocycles. The maximum absolute atomic E-state index is 13.5. The lowest BCUT2D eigenvalue weighted by molar-refractivity contribution is -0.117. The fourth-order valence-corrected chi connectivity index (χ4v) is 5.07. The summed E-state index contributed by atoms with van der Waals surface area (Å²) in [5.41, 5.74) is 2.27. The van der Waals surface area contributed by atoms with Gasteiger partial charge in [-0.15, -0.1) is 0 Å². The van der Waals surface area contributed by atoms with Gasteiger partial charge in [0.25, 0.3) is 5.91 Å². The van der Waals surface area contributed by atoms with E-state index in [0.29, 0.717) is 27.2 Å². The lowest BCUT2D eigenvalue weighted by atomic mass is 10.1. The second-order valence-corrected chi connectivity index (χ2v) is 9.61. The zero-order chi connectivity index (χ0) is 24.1. The fraction of sp³-hybridized carbons (Fsp3) is 0.115. The molecule has 4 rings (SSSR count). The van der Waals surface area contributed by atoms with Crippen LogP contribution in [0, 0.1) is 11.3 Å². The van der Waals surface area contributed by atoms with E-state index in [1.807, 2.05) is 48.5 Å². The minimum atomic E-state index is -0.534. The Balaban J connectivity index is 1.66. The summed E-state index contributed by atoms with van der Waals surface area (Å²) < 4.78 is 0. The van der Waals surface area contributed by atoms with Crippen LogP contribution < -0.4 is 10.2 Å². The molecule has 0 unspecified atom stereocenters. The van der Waals surface area contributed by atoms with Crippen LogP contribution in [0.3, 0.4) is 0 Å². The van der Waals surface area contributed by atoms with Gasteiger partial charge in [-0.25, -0.2) is 0 Å². The average molecular weight is 508 g/mol. The Morgan fingerprint density at radius 2 is 1.56 bits per heavy atom. The molecular weight excluding hydrogens is 489 g/mol. The van der Waals surface area contributed by atoms with Gasteiger partial charge in [0.2, 0.25) is 5.91 Å². The number of halogens is 2. The maximum Gasteiger partial charge on any atom is 0.264 e. The number of carbonyl (C=O) groups is 2. The van der Waals surface area contributed by atoms with Crippen molar-refractivity contribution in [2.45, 2.75) is 18.2 Å². The zero-order valence-electron chi connectivity index (χ0n) is 17.9. The van der Waals surface area contributed by atoms with Gasteiger partial charge in [-0.2, -0.15) is 5.26 Å². The summed E-state index contributed by atoms with van der Waals surface area (Å²) in [6.45, 7) is 0.270. The van der Waals surface area contributed by atoms with Gasteiger partial charge in [0.05, 0.1) is 5.25 Å². The number of hydrogen-bond acceptors (Lipinski definition) is 4. The molecule has 0 radical (unpaired) electrons. The summed E-state index contributed by atoms with van der Waals surface area (Å²) >= 11 is 13.2. The number of anilines is 1. The van der Waals surface area contributed by atoms with Gasteiger partial charge in [0, 0.05) is 22.3 Å². The molecule has 0 bridgehead atoms. The van der Waals surface area contributed by atoms with Gasteiger partial charge in [0.1, 0.15) is 16.7 Å². The Bertz CT molecular complexity index is 1270. The van der Waals surface area contributed by atoms with Crippen LogP contribution in [-0.2, 0) is 22.6 Å². The van der Waals surface area contributed by atoms with Crippen LogP contribution in [0.25, 0.3) is 0 Å². The molecule has 0 aromatic heterocycles. The molecule has 5 nitrogen and oxygen atoms in total. The van der Waals surface area contributed by atoms with E-state index < -0.39 is 11.2 Å². The largest absolute Gasteiger partial charge is 0.347 e. The number of rotatable bonds is 6. The van der Waals surface area contributed by atoms with Crippen LogP contribution >= 0.6 is 35.0 Å². The molecule has 0 spiro atoms. The van der Waals surface area contributed by atoms with Gasteiger partial charge >= 0.3 is 0 Å². The Labute approximate surface area is 212 Å². The van der Waals surface area contributed by atoms with Crippen molar-refractivity contribution in [1.82, 2.24) is 5.32 Å². The first-order valence-corrected chi connectivity index (χ1v) is 12.1. The molecule has 0 aliphatic carbocycles. The standard InChI is InChI=1S/C26H19Cl2N3O2S/c27-19-8-6-17(7-9-19)14-23-25(33)31(21-12-10-20(28)11-13-21)26(34-23)22(15-29)24(32)30-16-18-4-2-1-3-5-18/h1-13,23H,14,16H2,(H,30,32)/b26-22-/t23-/m1/s1. The third-order valence-electron chi connectivity index (χ3n) is 5.22. The molecule has 2 amide bonds. The molecule has 1 N–H and O–H groups in total. The first kappa shape index (κ1) is 23.9. The molecule has 0 saturated carbocycles. The lowest BCUT2D eigenvalue weighted by Gasteiger charge is -2.19. The number of nitrogens with zero attached hydrogens (tertiary/aromatic N) is 2. The summed E-state index contributed by atoms with van der Waals surface area (Å²) in [6.07, 6.45) is 0.429. The van der Waals surface area contributed by atoms with E-state index in [2.05, 4.69) is 5.32 Å². The van der Waals surface area contributed by atoms with E-state index in [9.17, 15) is 14.9 Å². The fourth-order valence-electron chi connectivity index (χ4n) is 3.51. The van der Waals surface area contributed by atoms with Crippen LogP contribution in [0.15, 0.2) is 89.5 Å². The van der Waals surface area contributed by atoms with Crippen molar-refractivity contribution < 1.29 is 9.59 Å². The molecule has 34 heavy (non-hydrogen) atoms. The number of hydrogen-bond donors (Lipinski definition) is 1. The van der Waals surface area contributed by atoms with Crippen LogP contribution in [0.4, 0.5) is 5.69 Å². The molecule has 3 aromatic carbocycles. The molecule has 1 aliphatic rings. The van der Waals surface area contributed by atoms with Crippen molar-refractivity contribution in [3.8, 4) is 6.07 Å². The summed E-state index contributed by atoms with van der Waals surface area (Å²) in [7, 11) is 0. The number of nitriles is 1. The van der Waals surface area contributed by atoms with Crippen LogP contribution in [-0.4, -0.2) is 17.1 Å². The average Bonchev–Trinajstić information content (AvgIpc) is 3.16. The Hall–Kier alpha value is -3.24. The quantitative estimate of drug-likeness (QED) is 0.341. The highest BCUT2D eigenvalue weighted by molar-refractivity contribution is 8.05. The molecule has 1 heterocycles. The second-order valence-electron chi connectivity index (χ2n) is 7.55. The summed E-state index contributed by atoms with van der Waals surface area (Å²) in [5.74, 6) is -0.742. The van der Waals surface area contributed by atoms with Gasteiger partial charge in [0.15, 0.2) is 0 Å². The Morgan fingerprint density at radius 1 is 0.941 bits per heavy atom. The smallest absolute Gasteiger partial charge is 0.264 e. The van der Waals surface area contributed by atoms with Crippen molar-refractivity contribution >= 4 is 52.5 Å². The molecular formula is C26H19Cl2N3O2S. The predicted octanol–water partition coefficient (Wildman–Crippen LogP) is 5.74. The molecule has 1 fully saturated rings. The molecule has 170 valence electrons. The Morgan fingerprint density at radius 3 is 2.18 bits per heavy atom. The molecule has 8 heteroatoms. The summed E-state index contributed by atoms with van der Waals surface area (Å²) in [5, 5.41) is 13.6. The van der Waals surface area contributed by atoms with Gasteiger partial charge in [-0.1, -0.05) is 77.4 Å². The summed E-state index contributed by atoms with van der Waals surface area (Å²) in [4.78, 5) is 27.9. The molecule has 1 saturated heterocycles. The lowest BCUT2D eigenvalue weighted by Crippen LogP contribution is -2.32. The number of benzene rings is 3. The minimum absolute atomic E-state index is 0.108. The predicted molar refractivity (Wildman–Crippen MR) is 136 cm³/mol. The van der Waals surface area contributed by atoms with E-state index in [-0.39, 0.29) is 18.0 Å². The zero-order valence-corrected chi connectivity index (χ0v) is 20.2. The number of nitrogens with one attached hydrogen (secondary N) is 1. The first-order chi connectivity index (χ1) is 16.5. The minimum Gasteiger partial charge on any atom is -0.347 e. The third-order valence-corrected chi connectivity index (χ3v) is 6.99. The van der Waals surface area contributed by atoms with E-state index >= 15 is 0 Å². The van der Waals surface area contributed by atoms with E-state index in [0.717, 1.165) is 11.1 Å². The molecule has 3 aromatic rings. The highest BCUT2D eigenvalue weighted by atomic mass is 35.5. The van der Waals surface area contributed by atoms with Gasteiger partial charge in [-0.05, 0) is 53.9 Å². The van der Waals surface area contributed by atoms with E-state index in [1.165, 1.54) is 16.7 Å². The normalized spacial score (nSPS) is 16.8. The summed E-state index contributed by atoms with van der Waals surface area (Å²) in [6, 6.07) is 25.4. The highest BCUT2D eigenvalue weighted by Crippen LogP contribution is 2.42. The van der Waals surface area contributed by atoms with Crippen molar-refractivity contribution in [1.29, 1.82) is 5.26 Å². The highest BCUT2D eigenvalue weighted by Gasteiger charge is 2.40. The number of amides is 2. The van der Waals surface area contributed by atoms with E-state index in [1.54, 1.807) is 36.4 Å². The van der Waals surface area contributed by atoms with Crippen molar-refractivity contribution in [3.63, 3.8) is 0 Å². The van der Waals surface area contributed by atoms with Gasteiger partial charge in [-0.3, -0.25) is 14.5 Å². The van der Waals surface area contributed by atoms with Gasteiger partial charge < -0.3 is 5.32 Å². The first-order valence-electron chi connectivity index (χ1n) is 10.4. The monoisotopic (exact) mass is 507 g/mol.